The summed E-state index contributed by atoms with van der Waals surface area (Å²) in [5, 5.41) is 5.40. The molecule has 2 N–H and O–H groups in total. The lowest BCUT2D eigenvalue weighted by atomic mass is 10.2. The number of amides is 2. The van der Waals surface area contributed by atoms with E-state index in [0.717, 1.165) is 18.1 Å². The van der Waals surface area contributed by atoms with Gasteiger partial charge in [-0.2, -0.15) is 0 Å². The Balaban J connectivity index is 1.66. The van der Waals surface area contributed by atoms with Gasteiger partial charge in [0.05, 0.1) is 12.8 Å². The number of halogens is 1. The number of benzene rings is 3. The SMILES string of the molecule is CCc1cccc(OCC(=O)Nc2ccc(OC)c(NC(=O)c3cccc(F)c3)c2)c1. The minimum absolute atomic E-state index is 0.163. The third kappa shape index (κ3) is 6.05. The van der Waals surface area contributed by atoms with Crippen LogP contribution in [0, 0.1) is 5.82 Å². The first-order chi connectivity index (χ1) is 15.0. The number of aryl methyl sites for hydroxylation is 1. The Labute approximate surface area is 180 Å². The Bertz CT molecular complexity index is 1080. The average molecular weight is 422 g/mol. The van der Waals surface area contributed by atoms with Gasteiger partial charge in [-0.3, -0.25) is 9.59 Å². The number of methoxy groups -OCH3 is 1. The smallest absolute Gasteiger partial charge is 0.262 e. The van der Waals surface area contributed by atoms with E-state index in [9.17, 15) is 14.0 Å². The molecule has 6 nitrogen and oxygen atoms in total. The minimum atomic E-state index is -0.509. The van der Waals surface area contributed by atoms with Crippen molar-refractivity contribution in [2.75, 3.05) is 24.4 Å². The second-order valence-electron chi connectivity index (χ2n) is 6.72. The summed E-state index contributed by atoms with van der Waals surface area (Å²) in [7, 11) is 1.46. The predicted octanol–water partition coefficient (Wildman–Crippen LogP) is 4.67. The van der Waals surface area contributed by atoms with Crippen LogP contribution in [-0.4, -0.2) is 25.5 Å². The maximum atomic E-state index is 13.4. The third-order valence-corrected chi connectivity index (χ3v) is 4.49. The van der Waals surface area contributed by atoms with Gasteiger partial charge >= 0.3 is 0 Å². The zero-order valence-electron chi connectivity index (χ0n) is 17.3. The summed E-state index contributed by atoms with van der Waals surface area (Å²) in [5.74, 6) is -0.345. The van der Waals surface area contributed by atoms with Crippen molar-refractivity contribution < 1.29 is 23.5 Å². The fourth-order valence-corrected chi connectivity index (χ4v) is 2.91. The Kier molecular flexibility index (Phi) is 7.22. The second kappa shape index (κ2) is 10.2. The van der Waals surface area contributed by atoms with Crippen LogP contribution in [0.1, 0.15) is 22.8 Å². The molecule has 3 aromatic carbocycles. The second-order valence-corrected chi connectivity index (χ2v) is 6.72. The van der Waals surface area contributed by atoms with E-state index in [4.69, 9.17) is 9.47 Å². The summed E-state index contributed by atoms with van der Waals surface area (Å²) in [6.45, 7) is 1.88. The van der Waals surface area contributed by atoms with E-state index >= 15 is 0 Å². The van der Waals surface area contributed by atoms with E-state index in [1.165, 1.54) is 25.3 Å². The van der Waals surface area contributed by atoms with Crippen LogP contribution in [0.4, 0.5) is 15.8 Å². The maximum absolute atomic E-state index is 13.4. The number of ether oxygens (including phenoxy) is 2. The maximum Gasteiger partial charge on any atom is 0.262 e. The van der Waals surface area contributed by atoms with Gasteiger partial charge < -0.3 is 20.1 Å². The van der Waals surface area contributed by atoms with E-state index in [-0.39, 0.29) is 18.1 Å². The van der Waals surface area contributed by atoms with Crippen molar-refractivity contribution in [1.29, 1.82) is 0 Å². The Hall–Kier alpha value is -3.87. The molecule has 0 spiro atoms. The number of nitrogens with one attached hydrogen (secondary N) is 2. The Morgan fingerprint density at radius 3 is 2.52 bits per heavy atom. The molecule has 0 bridgehead atoms. The summed E-state index contributed by atoms with van der Waals surface area (Å²) in [4.78, 5) is 24.7. The first-order valence-corrected chi connectivity index (χ1v) is 9.75. The van der Waals surface area contributed by atoms with Crippen LogP contribution in [0.5, 0.6) is 11.5 Å². The highest BCUT2D eigenvalue weighted by molar-refractivity contribution is 6.05. The third-order valence-electron chi connectivity index (χ3n) is 4.49. The molecular formula is C24H23FN2O4. The van der Waals surface area contributed by atoms with E-state index < -0.39 is 11.7 Å². The highest BCUT2D eigenvalue weighted by atomic mass is 19.1. The fourth-order valence-electron chi connectivity index (χ4n) is 2.91. The van der Waals surface area contributed by atoms with Crippen molar-refractivity contribution in [2.45, 2.75) is 13.3 Å². The first kappa shape index (κ1) is 21.8. The van der Waals surface area contributed by atoms with Crippen LogP contribution in [0.15, 0.2) is 66.7 Å². The van der Waals surface area contributed by atoms with Crippen molar-refractivity contribution in [3.8, 4) is 11.5 Å². The number of rotatable bonds is 8. The lowest BCUT2D eigenvalue weighted by molar-refractivity contribution is -0.118. The number of anilines is 2. The summed E-state index contributed by atoms with van der Waals surface area (Å²) in [5.41, 5.74) is 2.07. The van der Waals surface area contributed by atoms with Gasteiger partial charge in [-0.1, -0.05) is 25.1 Å². The normalized spacial score (nSPS) is 10.3. The van der Waals surface area contributed by atoms with Gasteiger partial charge in [0, 0.05) is 11.3 Å². The Morgan fingerprint density at radius 2 is 1.77 bits per heavy atom. The molecule has 3 aromatic rings. The van der Waals surface area contributed by atoms with Gasteiger partial charge in [-0.25, -0.2) is 4.39 Å². The number of hydrogen-bond donors (Lipinski definition) is 2. The molecule has 0 radical (unpaired) electrons. The molecular weight excluding hydrogens is 399 g/mol. The van der Waals surface area contributed by atoms with Gasteiger partial charge in [0.2, 0.25) is 0 Å². The van der Waals surface area contributed by atoms with Gasteiger partial charge in [-0.15, -0.1) is 0 Å². The molecule has 0 fully saturated rings. The van der Waals surface area contributed by atoms with E-state index in [0.29, 0.717) is 22.9 Å². The molecule has 0 saturated heterocycles. The van der Waals surface area contributed by atoms with Crippen LogP contribution in [0.25, 0.3) is 0 Å². The topological polar surface area (TPSA) is 76.7 Å². The quantitative estimate of drug-likeness (QED) is 0.553. The van der Waals surface area contributed by atoms with Crippen LogP contribution >= 0.6 is 0 Å². The molecule has 0 heterocycles. The predicted molar refractivity (Wildman–Crippen MR) is 117 cm³/mol. The summed E-state index contributed by atoms with van der Waals surface area (Å²) in [6.07, 6.45) is 0.874. The number of hydrogen-bond acceptors (Lipinski definition) is 4. The molecule has 0 aliphatic carbocycles. The summed E-state index contributed by atoms with van der Waals surface area (Å²) in [6, 6.07) is 17.7. The summed E-state index contributed by atoms with van der Waals surface area (Å²) < 4.78 is 24.2. The van der Waals surface area contributed by atoms with Gasteiger partial charge in [0.25, 0.3) is 11.8 Å². The molecule has 0 saturated carbocycles. The minimum Gasteiger partial charge on any atom is -0.495 e. The van der Waals surface area contributed by atoms with Gasteiger partial charge in [0.1, 0.15) is 17.3 Å². The van der Waals surface area contributed by atoms with E-state index in [1.54, 1.807) is 24.3 Å². The molecule has 160 valence electrons. The largest absolute Gasteiger partial charge is 0.495 e. The highest BCUT2D eigenvalue weighted by Gasteiger charge is 2.13. The first-order valence-electron chi connectivity index (χ1n) is 9.75. The lowest BCUT2D eigenvalue weighted by Crippen LogP contribution is -2.20. The highest BCUT2D eigenvalue weighted by Crippen LogP contribution is 2.28. The molecule has 7 heteroatoms. The van der Waals surface area contributed by atoms with Crippen LogP contribution < -0.4 is 20.1 Å². The molecule has 2 amide bonds. The van der Waals surface area contributed by atoms with Gasteiger partial charge in [-0.05, 0) is 60.5 Å². The van der Waals surface area contributed by atoms with Crippen molar-refractivity contribution in [1.82, 2.24) is 0 Å². The van der Waals surface area contributed by atoms with Crippen molar-refractivity contribution in [3.63, 3.8) is 0 Å². The monoisotopic (exact) mass is 422 g/mol. The molecule has 0 aliphatic heterocycles. The van der Waals surface area contributed by atoms with Crippen molar-refractivity contribution in [2.24, 2.45) is 0 Å². The number of carbonyl (C=O) groups excluding carboxylic acids is 2. The molecule has 0 aliphatic rings. The fraction of sp³-hybridized carbons (Fsp3) is 0.167. The molecule has 0 unspecified atom stereocenters. The van der Waals surface area contributed by atoms with Crippen LogP contribution in [0.3, 0.4) is 0 Å². The lowest BCUT2D eigenvalue weighted by Gasteiger charge is -2.13. The molecule has 0 aromatic heterocycles. The molecule has 31 heavy (non-hydrogen) atoms. The number of carbonyl (C=O) groups is 2. The Morgan fingerprint density at radius 1 is 0.968 bits per heavy atom. The van der Waals surface area contributed by atoms with Crippen LogP contribution in [0.2, 0.25) is 0 Å². The van der Waals surface area contributed by atoms with Crippen molar-refractivity contribution in [3.05, 3.63) is 83.7 Å². The average Bonchev–Trinajstić information content (AvgIpc) is 2.78. The van der Waals surface area contributed by atoms with Gasteiger partial charge in [0.15, 0.2) is 6.61 Å². The molecule has 0 atom stereocenters. The van der Waals surface area contributed by atoms with Crippen LogP contribution in [-0.2, 0) is 11.2 Å². The van der Waals surface area contributed by atoms with E-state index in [2.05, 4.69) is 10.6 Å². The van der Waals surface area contributed by atoms with Crippen molar-refractivity contribution >= 4 is 23.2 Å². The zero-order valence-corrected chi connectivity index (χ0v) is 17.3. The zero-order chi connectivity index (χ0) is 22.2. The standard InChI is InChI=1S/C24H23FN2O4/c1-3-16-6-4-9-20(12-16)31-15-23(28)26-19-10-11-22(30-2)21(14-19)27-24(29)17-7-5-8-18(25)13-17/h4-14H,3,15H2,1-2H3,(H,26,28)(H,27,29). The molecule has 3 rings (SSSR count). The summed E-state index contributed by atoms with van der Waals surface area (Å²) >= 11 is 0. The van der Waals surface area contributed by atoms with E-state index in [1.807, 2.05) is 25.1 Å².